The van der Waals surface area contributed by atoms with Crippen molar-refractivity contribution in [2.24, 2.45) is 5.92 Å². The minimum Gasteiger partial charge on any atom is -0.331 e. The Labute approximate surface area is 178 Å². The number of halogens is 4. The van der Waals surface area contributed by atoms with Crippen LogP contribution in [0.5, 0.6) is 0 Å². The second kappa shape index (κ2) is 14.0. The van der Waals surface area contributed by atoms with Gasteiger partial charge in [-0.05, 0) is 37.3 Å². The van der Waals surface area contributed by atoms with E-state index in [1.807, 2.05) is 0 Å². The third kappa shape index (κ3) is 7.50. The van der Waals surface area contributed by atoms with Gasteiger partial charge in [0.1, 0.15) is 0 Å². The van der Waals surface area contributed by atoms with E-state index in [-0.39, 0.29) is 17.9 Å². The maximum absolute atomic E-state index is 13.8. The van der Waals surface area contributed by atoms with E-state index in [0.717, 1.165) is 25.3 Å². The molecule has 1 unspecified atom stereocenters. The number of methoxy groups -OCH3 is 3. The van der Waals surface area contributed by atoms with E-state index in [1.165, 1.54) is 47.0 Å². The first-order chi connectivity index (χ1) is 14.4. The number of hydrogen-bond donors (Lipinski definition) is 0. The number of benzene rings is 1. The van der Waals surface area contributed by atoms with E-state index in [9.17, 15) is 17.6 Å². The fraction of sp³-hybridized carbons (Fsp3) is 0.739. The molecular weight excluding hydrogens is 400 g/mol. The van der Waals surface area contributed by atoms with Crippen molar-refractivity contribution in [3.05, 3.63) is 34.9 Å². The van der Waals surface area contributed by atoms with E-state index in [4.69, 9.17) is 14.2 Å². The zero-order chi connectivity index (χ0) is 22.6. The van der Waals surface area contributed by atoms with Crippen molar-refractivity contribution >= 4 is 0 Å². The van der Waals surface area contributed by atoms with Gasteiger partial charge in [0.2, 0.25) is 0 Å². The largest absolute Gasteiger partial charge is 0.331 e. The molecular formula is C23H36F4O3. The van der Waals surface area contributed by atoms with Gasteiger partial charge < -0.3 is 14.2 Å². The van der Waals surface area contributed by atoms with Gasteiger partial charge in [0.05, 0.1) is 0 Å². The second-order valence-corrected chi connectivity index (χ2v) is 7.67. The fourth-order valence-corrected chi connectivity index (χ4v) is 3.93. The highest BCUT2D eigenvalue weighted by Crippen LogP contribution is 2.33. The molecule has 0 N–H and O–H groups in total. The molecule has 1 aromatic carbocycles. The average molecular weight is 437 g/mol. The lowest BCUT2D eigenvalue weighted by Crippen LogP contribution is -2.44. The Morgan fingerprint density at radius 1 is 0.733 bits per heavy atom. The Bertz CT molecular complexity index is 613. The summed E-state index contributed by atoms with van der Waals surface area (Å²) in [5.74, 6) is -7.44. The van der Waals surface area contributed by atoms with Gasteiger partial charge in [0, 0.05) is 27.2 Å². The summed E-state index contributed by atoms with van der Waals surface area (Å²) in [4.78, 5) is 0. The molecule has 0 aliphatic carbocycles. The number of hydrogen-bond acceptors (Lipinski definition) is 3. The Hall–Kier alpha value is -1.18. The summed E-state index contributed by atoms with van der Waals surface area (Å²) in [7, 11) is 4.59. The molecule has 1 atom stereocenters. The second-order valence-electron chi connectivity index (χ2n) is 7.67. The van der Waals surface area contributed by atoms with Crippen molar-refractivity contribution in [1.82, 2.24) is 0 Å². The van der Waals surface area contributed by atoms with E-state index in [1.54, 1.807) is 0 Å². The van der Waals surface area contributed by atoms with Gasteiger partial charge in [-0.25, -0.2) is 17.6 Å². The van der Waals surface area contributed by atoms with Crippen molar-refractivity contribution in [2.75, 3.05) is 21.3 Å². The Morgan fingerprint density at radius 3 is 1.83 bits per heavy atom. The van der Waals surface area contributed by atoms with Gasteiger partial charge in [0.15, 0.2) is 23.3 Å². The molecule has 0 amide bonds. The minimum atomic E-state index is -1.78. The van der Waals surface area contributed by atoms with Crippen LogP contribution in [0.3, 0.4) is 0 Å². The molecule has 0 saturated carbocycles. The van der Waals surface area contributed by atoms with Crippen LogP contribution >= 0.6 is 0 Å². The summed E-state index contributed by atoms with van der Waals surface area (Å²) in [6.45, 7) is 2.18. The molecule has 7 heteroatoms. The molecule has 174 valence electrons. The summed E-state index contributed by atoms with van der Waals surface area (Å²) in [6.07, 6.45) is 9.74. The Kier molecular flexibility index (Phi) is 12.5. The smallest absolute Gasteiger partial charge is 0.285 e. The lowest BCUT2D eigenvalue weighted by molar-refractivity contribution is -0.380. The molecule has 0 radical (unpaired) electrons. The van der Waals surface area contributed by atoms with E-state index >= 15 is 0 Å². The molecule has 0 saturated heterocycles. The predicted octanol–water partition coefficient (Wildman–Crippen LogP) is 6.92. The van der Waals surface area contributed by atoms with Crippen LogP contribution in [-0.4, -0.2) is 27.3 Å². The van der Waals surface area contributed by atoms with Crippen molar-refractivity contribution in [3.8, 4) is 0 Å². The molecule has 0 spiro atoms. The summed E-state index contributed by atoms with van der Waals surface area (Å²) in [6, 6.07) is 0.727. The fourth-order valence-electron chi connectivity index (χ4n) is 3.93. The van der Waals surface area contributed by atoms with Crippen molar-refractivity contribution in [1.29, 1.82) is 0 Å². The first-order valence-electron chi connectivity index (χ1n) is 10.8. The summed E-state index contributed by atoms with van der Waals surface area (Å²) >= 11 is 0. The van der Waals surface area contributed by atoms with Crippen LogP contribution in [0.4, 0.5) is 17.6 Å². The van der Waals surface area contributed by atoms with Crippen molar-refractivity contribution < 1.29 is 31.8 Å². The molecule has 30 heavy (non-hydrogen) atoms. The van der Waals surface area contributed by atoms with Crippen LogP contribution < -0.4 is 0 Å². The minimum absolute atomic E-state index is 0.0461. The van der Waals surface area contributed by atoms with Gasteiger partial charge in [0.25, 0.3) is 5.97 Å². The first kappa shape index (κ1) is 26.9. The lowest BCUT2D eigenvalue weighted by atomic mass is 9.91. The van der Waals surface area contributed by atoms with Gasteiger partial charge in [-0.15, -0.1) is 0 Å². The normalized spacial score (nSPS) is 13.1. The van der Waals surface area contributed by atoms with Gasteiger partial charge in [-0.3, -0.25) is 0 Å². The van der Waals surface area contributed by atoms with Gasteiger partial charge in [-0.2, -0.15) is 0 Å². The molecule has 1 aromatic rings. The van der Waals surface area contributed by atoms with Crippen LogP contribution in [0.15, 0.2) is 6.07 Å². The van der Waals surface area contributed by atoms with Crippen LogP contribution in [-0.2, 0) is 20.6 Å². The summed E-state index contributed by atoms with van der Waals surface area (Å²) < 4.78 is 70.3. The molecule has 0 bridgehead atoms. The molecule has 3 nitrogen and oxygen atoms in total. The molecule has 0 aliphatic heterocycles. The van der Waals surface area contributed by atoms with Crippen LogP contribution in [0.25, 0.3) is 0 Å². The summed E-state index contributed by atoms with van der Waals surface area (Å²) in [5.41, 5.74) is -0.157. The quantitative estimate of drug-likeness (QED) is 0.0926. The zero-order valence-corrected chi connectivity index (χ0v) is 18.7. The van der Waals surface area contributed by atoms with Gasteiger partial charge in [-0.1, -0.05) is 51.9 Å². The molecule has 0 fully saturated rings. The first-order valence-corrected chi connectivity index (χ1v) is 10.8. The average Bonchev–Trinajstić information content (AvgIpc) is 2.76. The van der Waals surface area contributed by atoms with Crippen LogP contribution in [0, 0.1) is 29.2 Å². The lowest BCUT2D eigenvalue weighted by Gasteiger charge is -2.36. The Morgan fingerprint density at radius 2 is 1.27 bits per heavy atom. The number of rotatable bonds is 16. The molecule has 0 aliphatic rings. The molecule has 0 aromatic heterocycles. The molecule has 0 heterocycles. The number of aryl methyl sites for hydroxylation is 1. The number of unbranched alkanes of at least 4 members (excludes halogenated alkanes) is 6. The number of ether oxygens (including phenoxy) is 3. The SMILES string of the molecule is CCCCCCCCC(CCCCc1cc(F)c(F)c(F)c1F)C(OC)(OC)OC. The topological polar surface area (TPSA) is 27.7 Å². The van der Waals surface area contributed by atoms with Crippen LogP contribution in [0.2, 0.25) is 0 Å². The third-order valence-electron chi connectivity index (χ3n) is 5.69. The highest BCUT2D eigenvalue weighted by atomic mass is 19.2. The Balaban J connectivity index is 2.65. The van der Waals surface area contributed by atoms with Crippen molar-refractivity contribution in [3.63, 3.8) is 0 Å². The van der Waals surface area contributed by atoms with E-state index in [0.29, 0.717) is 19.3 Å². The highest BCUT2D eigenvalue weighted by Gasteiger charge is 2.39. The van der Waals surface area contributed by atoms with E-state index in [2.05, 4.69) is 6.92 Å². The third-order valence-corrected chi connectivity index (χ3v) is 5.69. The maximum Gasteiger partial charge on any atom is 0.285 e. The predicted molar refractivity (Wildman–Crippen MR) is 109 cm³/mol. The maximum atomic E-state index is 13.8. The standard InChI is InChI=1S/C23H36F4O3/c1-5-6-7-8-9-10-14-18(23(28-2,29-3)30-4)15-12-11-13-17-16-19(24)21(26)22(27)20(17)25/h16,18H,5-15H2,1-4H3. The van der Waals surface area contributed by atoms with Crippen molar-refractivity contribution in [2.45, 2.75) is 83.5 Å². The zero-order valence-electron chi connectivity index (χ0n) is 18.7. The van der Waals surface area contributed by atoms with E-state index < -0.39 is 29.2 Å². The molecule has 1 rings (SSSR count). The summed E-state index contributed by atoms with van der Waals surface area (Å²) in [5, 5.41) is 0. The highest BCUT2D eigenvalue weighted by molar-refractivity contribution is 5.21. The monoisotopic (exact) mass is 436 g/mol. The van der Waals surface area contributed by atoms with Crippen LogP contribution in [0.1, 0.15) is 76.7 Å². The van der Waals surface area contributed by atoms with Gasteiger partial charge >= 0.3 is 0 Å².